The van der Waals surface area contributed by atoms with Crippen LogP contribution in [-0.2, 0) is 0 Å². The van der Waals surface area contributed by atoms with Gasteiger partial charge in [0.1, 0.15) is 5.82 Å². The molecule has 1 fully saturated rings. The molecule has 1 saturated heterocycles. The molecule has 1 aliphatic heterocycles. The van der Waals surface area contributed by atoms with Gasteiger partial charge in [0.05, 0.1) is 11.0 Å². The lowest BCUT2D eigenvalue weighted by molar-refractivity contribution is -0.385. The van der Waals surface area contributed by atoms with Gasteiger partial charge in [-0.1, -0.05) is 13.8 Å². The molecule has 1 atom stereocenters. The van der Waals surface area contributed by atoms with Crippen LogP contribution >= 0.6 is 0 Å². The average molecular weight is 281 g/mol. The van der Waals surface area contributed by atoms with Crippen molar-refractivity contribution in [2.45, 2.75) is 19.9 Å². The number of nitro groups is 1. The lowest BCUT2D eigenvalue weighted by Gasteiger charge is -2.37. The SMILES string of the molecule is CC(C)C(c1ccc([N+](=O)[O-])cc1F)N1CCNCC1. The van der Waals surface area contributed by atoms with Crippen molar-refractivity contribution < 1.29 is 9.31 Å². The highest BCUT2D eigenvalue weighted by Crippen LogP contribution is 2.32. The first-order chi connectivity index (χ1) is 9.50. The summed E-state index contributed by atoms with van der Waals surface area (Å²) in [6.07, 6.45) is 0. The topological polar surface area (TPSA) is 58.4 Å². The van der Waals surface area contributed by atoms with Gasteiger partial charge in [-0.2, -0.15) is 0 Å². The van der Waals surface area contributed by atoms with Gasteiger partial charge in [0.15, 0.2) is 0 Å². The van der Waals surface area contributed by atoms with Crippen LogP contribution in [0, 0.1) is 21.8 Å². The third kappa shape index (κ3) is 3.13. The Labute approximate surface area is 117 Å². The van der Waals surface area contributed by atoms with E-state index >= 15 is 0 Å². The second-order valence-corrected chi connectivity index (χ2v) is 5.44. The molecule has 1 aliphatic rings. The molecular formula is C14H20FN3O2. The zero-order valence-electron chi connectivity index (χ0n) is 11.8. The van der Waals surface area contributed by atoms with Crippen LogP contribution in [0.1, 0.15) is 25.5 Å². The van der Waals surface area contributed by atoms with Gasteiger partial charge in [0.25, 0.3) is 5.69 Å². The Bertz CT molecular complexity index is 487. The van der Waals surface area contributed by atoms with Crippen LogP contribution < -0.4 is 5.32 Å². The number of nitrogens with one attached hydrogen (secondary N) is 1. The molecule has 20 heavy (non-hydrogen) atoms. The van der Waals surface area contributed by atoms with Crippen molar-refractivity contribution in [1.82, 2.24) is 10.2 Å². The summed E-state index contributed by atoms with van der Waals surface area (Å²) in [5.74, 6) is -0.250. The summed E-state index contributed by atoms with van der Waals surface area (Å²) in [7, 11) is 0. The summed E-state index contributed by atoms with van der Waals surface area (Å²) in [4.78, 5) is 12.4. The first-order valence-electron chi connectivity index (χ1n) is 6.89. The minimum Gasteiger partial charge on any atom is -0.314 e. The first kappa shape index (κ1) is 14.9. The number of nitro benzene ring substituents is 1. The fourth-order valence-corrected chi connectivity index (χ4v) is 2.81. The van der Waals surface area contributed by atoms with Crippen LogP contribution in [0.5, 0.6) is 0 Å². The molecule has 110 valence electrons. The summed E-state index contributed by atoms with van der Waals surface area (Å²) in [6.45, 7) is 7.59. The summed E-state index contributed by atoms with van der Waals surface area (Å²) >= 11 is 0. The number of nitrogens with zero attached hydrogens (tertiary/aromatic N) is 2. The van der Waals surface area contributed by atoms with Crippen molar-refractivity contribution in [3.05, 3.63) is 39.7 Å². The van der Waals surface area contributed by atoms with E-state index in [1.54, 1.807) is 6.07 Å². The molecule has 5 nitrogen and oxygen atoms in total. The van der Waals surface area contributed by atoms with Gasteiger partial charge >= 0.3 is 0 Å². The molecule has 1 N–H and O–H groups in total. The normalized spacial score (nSPS) is 18.2. The van der Waals surface area contributed by atoms with Crippen LogP contribution in [0.15, 0.2) is 18.2 Å². The van der Waals surface area contributed by atoms with E-state index in [-0.39, 0.29) is 17.6 Å². The fourth-order valence-electron chi connectivity index (χ4n) is 2.81. The molecule has 2 rings (SSSR count). The number of halogens is 1. The lowest BCUT2D eigenvalue weighted by atomic mass is 9.93. The first-order valence-corrected chi connectivity index (χ1v) is 6.89. The van der Waals surface area contributed by atoms with E-state index in [1.807, 2.05) is 13.8 Å². The number of non-ortho nitro benzene ring substituents is 1. The van der Waals surface area contributed by atoms with Crippen LogP contribution in [0.4, 0.5) is 10.1 Å². The van der Waals surface area contributed by atoms with Crippen molar-refractivity contribution in [2.75, 3.05) is 26.2 Å². The smallest absolute Gasteiger partial charge is 0.272 e. The third-order valence-corrected chi connectivity index (χ3v) is 3.69. The molecule has 1 heterocycles. The Kier molecular flexibility index (Phi) is 4.67. The Hall–Kier alpha value is -1.53. The second-order valence-electron chi connectivity index (χ2n) is 5.44. The number of benzene rings is 1. The molecular weight excluding hydrogens is 261 g/mol. The zero-order valence-corrected chi connectivity index (χ0v) is 11.8. The van der Waals surface area contributed by atoms with Crippen molar-refractivity contribution >= 4 is 5.69 Å². The predicted molar refractivity (Wildman–Crippen MR) is 75.1 cm³/mol. The Morgan fingerprint density at radius 1 is 1.35 bits per heavy atom. The molecule has 0 saturated carbocycles. The molecule has 1 aromatic carbocycles. The van der Waals surface area contributed by atoms with E-state index in [4.69, 9.17) is 0 Å². The number of hydrogen-bond donors (Lipinski definition) is 1. The van der Waals surface area contributed by atoms with Crippen molar-refractivity contribution in [2.24, 2.45) is 5.92 Å². The monoisotopic (exact) mass is 281 g/mol. The summed E-state index contributed by atoms with van der Waals surface area (Å²) < 4.78 is 14.2. The maximum atomic E-state index is 14.2. The lowest BCUT2D eigenvalue weighted by Crippen LogP contribution is -2.46. The van der Waals surface area contributed by atoms with E-state index in [9.17, 15) is 14.5 Å². The highest BCUT2D eigenvalue weighted by molar-refractivity contribution is 5.36. The van der Waals surface area contributed by atoms with Crippen molar-refractivity contribution in [3.63, 3.8) is 0 Å². The quantitative estimate of drug-likeness (QED) is 0.680. The fraction of sp³-hybridized carbons (Fsp3) is 0.571. The Morgan fingerprint density at radius 2 is 2.00 bits per heavy atom. The van der Waals surface area contributed by atoms with Gasteiger partial charge in [-0.25, -0.2) is 4.39 Å². The van der Waals surface area contributed by atoms with Gasteiger partial charge in [-0.05, 0) is 12.0 Å². The summed E-state index contributed by atoms with van der Waals surface area (Å²) in [6, 6.07) is 3.92. The van der Waals surface area contributed by atoms with Gasteiger partial charge in [0, 0.05) is 43.9 Å². The van der Waals surface area contributed by atoms with E-state index in [0.717, 1.165) is 32.2 Å². The number of piperazine rings is 1. The highest BCUT2D eigenvalue weighted by atomic mass is 19.1. The average Bonchev–Trinajstić information content (AvgIpc) is 2.41. The van der Waals surface area contributed by atoms with Crippen LogP contribution in [0.25, 0.3) is 0 Å². The van der Waals surface area contributed by atoms with Crippen molar-refractivity contribution in [1.29, 1.82) is 0 Å². The van der Waals surface area contributed by atoms with Gasteiger partial charge in [-0.15, -0.1) is 0 Å². The number of hydrogen-bond acceptors (Lipinski definition) is 4. The Balaban J connectivity index is 2.31. The van der Waals surface area contributed by atoms with Crippen LogP contribution in [-0.4, -0.2) is 36.0 Å². The van der Waals surface area contributed by atoms with Crippen molar-refractivity contribution in [3.8, 4) is 0 Å². The van der Waals surface area contributed by atoms with Gasteiger partial charge in [0.2, 0.25) is 0 Å². The van der Waals surface area contributed by atoms with Crippen LogP contribution in [0.2, 0.25) is 0 Å². The molecule has 0 amide bonds. The van der Waals surface area contributed by atoms with E-state index in [0.29, 0.717) is 5.56 Å². The minimum absolute atomic E-state index is 0.0436. The molecule has 0 aliphatic carbocycles. The van der Waals surface area contributed by atoms with E-state index < -0.39 is 10.7 Å². The summed E-state index contributed by atoms with van der Waals surface area (Å²) in [5.41, 5.74) is 0.349. The highest BCUT2D eigenvalue weighted by Gasteiger charge is 2.28. The maximum Gasteiger partial charge on any atom is 0.272 e. The molecule has 1 aromatic rings. The summed E-state index contributed by atoms with van der Waals surface area (Å²) in [5, 5.41) is 14.0. The van der Waals surface area contributed by atoms with Gasteiger partial charge in [-0.3, -0.25) is 15.0 Å². The van der Waals surface area contributed by atoms with Gasteiger partial charge < -0.3 is 5.32 Å². The molecule has 0 spiro atoms. The Morgan fingerprint density at radius 3 is 2.50 bits per heavy atom. The molecule has 0 bridgehead atoms. The van der Waals surface area contributed by atoms with E-state index in [1.165, 1.54) is 6.07 Å². The molecule has 0 aromatic heterocycles. The number of rotatable bonds is 4. The maximum absolute atomic E-state index is 14.2. The van der Waals surface area contributed by atoms with Crippen LogP contribution in [0.3, 0.4) is 0 Å². The standard InChI is InChI=1S/C14H20FN3O2/c1-10(2)14(17-7-5-16-6-8-17)12-4-3-11(18(19)20)9-13(12)15/h3-4,9-10,14,16H,5-8H2,1-2H3. The second kappa shape index (κ2) is 6.28. The molecule has 0 radical (unpaired) electrons. The largest absolute Gasteiger partial charge is 0.314 e. The zero-order chi connectivity index (χ0) is 14.7. The molecule has 1 unspecified atom stereocenters. The minimum atomic E-state index is -0.567. The predicted octanol–water partition coefficient (Wildman–Crippen LogP) is 2.34. The third-order valence-electron chi connectivity index (χ3n) is 3.69. The van der Waals surface area contributed by atoms with E-state index in [2.05, 4.69) is 10.2 Å². The molecule has 6 heteroatoms.